The number of hydrogen-bond acceptors (Lipinski definition) is 6. The van der Waals surface area contributed by atoms with E-state index in [4.69, 9.17) is 15.8 Å². The van der Waals surface area contributed by atoms with E-state index in [1.165, 1.54) is 11.1 Å². The van der Waals surface area contributed by atoms with Crippen molar-refractivity contribution < 1.29 is 0 Å². The molecule has 0 aliphatic heterocycles. The Morgan fingerprint density at radius 3 is 2.22 bits per heavy atom. The predicted octanol–water partition coefficient (Wildman–Crippen LogP) is 4.42. The van der Waals surface area contributed by atoms with Gasteiger partial charge in [0.25, 0.3) is 0 Å². The van der Waals surface area contributed by atoms with Gasteiger partial charge in [-0.25, -0.2) is 14.8 Å². The monoisotopic (exact) mass is 478 g/mol. The Kier molecular flexibility index (Phi) is 6.95. The van der Waals surface area contributed by atoms with Gasteiger partial charge in [0.2, 0.25) is 0 Å². The van der Waals surface area contributed by atoms with Crippen LogP contribution in [0.25, 0.3) is 22.5 Å². The molecule has 0 aliphatic rings. The van der Waals surface area contributed by atoms with Crippen LogP contribution in [0.4, 0.5) is 0 Å². The van der Waals surface area contributed by atoms with E-state index in [9.17, 15) is 0 Å². The lowest BCUT2D eigenvalue weighted by Gasteiger charge is -2.10. The van der Waals surface area contributed by atoms with Gasteiger partial charge in [-0.2, -0.15) is 5.10 Å². The average molecular weight is 479 g/mol. The van der Waals surface area contributed by atoms with Crippen molar-refractivity contribution >= 4 is 0 Å². The molecule has 3 aromatic carbocycles. The van der Waals surface area contributed by atoms with Crippen LogP contribution in [-0.4, -0.2) is 35.4 Å². The third-order valence-electron chi connectivity index (χ3n) is 6.13. The van der Waals surface area contributed by atoms with Crippen LogP contribution in [0.1, 0.15) is 42.2 Å². The van der Waals surface area contributed by atoms with Crippen LogP contribution >= 0.6 is 0 Å². The molecule has 5 rings (SSSR count). The highest BCUT2D eigenvalue weighted by molar-refractivity contribution is 5.80. The van der Waals surface area contributed by atoms with Crippen molar-refractivity contribution in [2.45, 2.75) is 39.8 Å². The number of nitrogens with two attached hydrogens (primary N) is 1. The summed E-state index contributed by atoms with van der Waals surface area (Å²) in [5, 5.41) is 19.2. The summed E-state index contributed by atoms with van der Waals surface area (Å²) in [6.45, 7) is 5.59. The van der Waals surface area contributed by atoms with Crippen molar-refractivity contribution in [3.8, 4) is 22.5 Å². The Morgan fingerprint density at radius 1 is 0.861 bits per heavy atom. The van der Waals surface area contributed by atoms with Crippen molar-refractivity contribution in [3.63, 3.8) is 0 Å². The first-order valence-corrected chi connectivity index (χ1v) is 12.2. The predicted molar refractivity (Wildman–Crippen MR) is 140 cm³/mol. The zero-order valence-electron chi connectivity index (χ0n) is 20.6. The van der Waals surface area contributed by atoms with E-state index >= 15 is 0 Å². The van der Waals surface area contributed by atoms with E-state index in [0.717, 1.165) is 46.7 Å². The molecule has 0 atom stereocenters. The Bertz CT molecular complexity index is 1400. The second-order valence-electron chi connectivity index (χ2n) is 9.39. The Hall–Kier alpha value is -4.17. The molecule has 2 aromatic heterocycles. The lowest BCUT2D eigenvalue weighted by molar-refractivity contribution is 0.598. The van der Waals surface area contributed by atoms with Crippen LogP contribution in [0.5, 0.6) is 0 Å². The molecule has 0 bridgehead atoms. The van der Waals surface area contributed by atoms with Crippen molar-refractivity contribution in [1.29, 1.82) is 0 Å². The number of H-pyrrole nitrogens is 1. The number of nitrogens with one attached hydrogen (secondary N) is 1. The fraction of sp³-hybridized carbons (Fsp3) is 0.250. The molecule has 0 radical (unpaired) electrons. The molecule has 0 fully saturated rings. The fourth-order valence-electron chi connectivity index (χ4n) is 4.29. The summed E-state index contributed by atoms with van der Waals surface area (Å²) in [4.78, 5) is 4.89. The first kappa shape index (κ1) is 23.6. The topological polar surface area (TPSA) is 111 Å². The number of aromatic amines is 1. The zero-order chi connectivity index (χ0) is 24.9. The summed E-state index contributed by atoms with van der Waals surface area (Å²) in [6, 6.07) is 25.1. The summed E-state index contributed by atoms with van der Waals surface area (Å²) in [7, 11) is 0. The van der Waals surface area contributed by atoms with Gasteiger partial charge in [-0.1, -0.05) is 86.6 Å². The third-order valence-corrected chi connectivity index (χ3v) is 6.13. The van der Waals surface area contributed by atoms with Gasteiger partial charge < -0.3 is 5.73 Å². The summed E-state index contributed by atoms with van der Waals surface area (Å²) in [5.41, 5.74) is 12.4. The smallest absolute Gasteiger partial charge is 0.180 e. The first-order valence-electron chi connectivity index (χ1n) is 12.2. The number of tetrazole rings is 1. The minimum absolute atomic E-state index is 0.497. The SMILES string of the molecule is CC(C)Cc1nc(Cc2ccc(CN)cc2)n(Cc2ccc(-c3ccccc3-c3nnn[nH]3)cc2)n1. The number of benzene rings is 3. The molecule has 0 unspecified atom stereocenters. The van der Waals surface area contributed by atoms with E-state index in [0.29, 0.717) is 24.8 Å². The summed E-state index contributed by atoms with van der Waals surface area (Å²) < 4.78 is 2.04. The molecule has 3 N–H and O–H groups in total. The molecule has 0 aliphatic carbocycles. The van der Waals surface area contributed by atoms with Crippen LogP contribution in [0.3, 0.4) is 0 Å². The lowest BCUT2D eigenvalue weighted by atomic mass is 9.98. The molecule has 0 amide bonds. The van der Waals surface area contributed by atoms with Crippen molar-refractivity contribution in [1.82, 2.24) is 35.4 Å². The van der Waals surface area contributed by atoms with Gasteiger partial charge in [0.15, 0.2) is 11.6 Å². The van der Waals surface area contributed by atoms with Crippen molar-refractivity contribution in [2.75, 3.05) is 0 Å². The largest absolute Gasteiger partial charge is 0.326 e. The van der Waals surface area contributed by atoms with E-state index in [-0.39, 0.29) is 0 Å². The van der Waals surface area contributed by atoms with E-state index in [1.54, 1.807) is 0 Å². The lowest BCUT2D eigenvalue weighted by Crippen LogP contribution is -2.08. The molecule has 2 heterocycles. The molecule has 36 heavy (non-hydrogen) atoms. The average Bonchev–Trinajstić information content (AvgIpc) is 3.55. The second kappa shape index (κ2) is 10.6. The van der Waals surface area contributed by atoms with Gasteiger partial charge >= 0.3 is 0 Å². The highest BCUT2D eigenvalue weighted by Crippen LogP contribution is 2.29. The molecule has 8 heteroatoms. The standard InChI is InChI=1S/C28H30N8/c1-19(2)15-26-30-27(16-20-7-9-21(17-29)10-8-20)36(33-26)18-22-11-13-23(14-12-22)24-5-3-4-6-25(24)28-31-34-35-32-28/h3-14,19H,15-18,29H2,1-2H3,(H,31,32,34,35). The number of rotatable bonds is 9. The van der Waals surface area contributed by atoms with Crippen LogP contribution in [-0.2, 0) is 25.9 Å². The zero-order valence-corrected chi connectivity index (χ0v) is 20.6. The van der Waals surface area contributed by atoms with E-state index < -0.39 is 0 Å². The molecule has 0 saturated heterocycles. The highest BCUT2D eigenvalue weighted by atomic mass is 15.5. The van der Waals surface area contributed by atoms with Crippen molar-refractivity contribution in [3.05, 3.63) is 101 Å². The Morgan fingerprint density at radius 2 is 1.56 bits per heavy atom. The number of aromatic nitrogens is 7. The summed E-state index contributed by atoms with van der Waals surface area (Å²) >= 11 is 0. The Balaban J connectivity index is 1.39. The minimum Gasteiger partial charge on any atom is -0.326 e. The molecule has 8 nitrogen and oxygen atoms in total. The van der Waals surface area contributed by atoms with Gasteiger partial charge in [-0.05, 0) is 44.2 Å². The maximum atomic E-state index is 5.76. The summed E-state index contributed by atoms with van der Waals surface area (Å²) in [5.74, 6) is 3.01. The number of nitrogens with zero attached hydrogens (tertiary/aromatic N) is 6. The molecular weight excluding hydrogens is 448 g/mol. The summed E-state index contributed by atoms with van der Waals surface area (Å²) in [6.07, 6.45) is 1.59. The normalized spacial score (nSPS) is 11.3. The van der Waals surface area contributed by atoms with Crippen LogP contribution in [0.15, 0.2) is 72.8 Å². The fourth-order valence-corrected chi connectivity index (χ4v) is 4.29. The molecule has 0 spiro atoms. The van der Waals surface area contributed by atoms with Crippen LogP contribution < -0.4 is 5.73 Å². The maximum absolute atomic E-state index is 5.76. The first-order chi connectivity index (χ1) is 17.6. The minimum atomic E-state index is 0.497. The quantitative estimate of drug-likeness (QED) is 0.324. The van der Waals surface area contributed by atoms with E-state index in [2.05, 4.69) is 89.1 Å². The van der Waals surface area contributed by atoms with Crippen LogP contribution in [0.2, 0.25) is 0 Å². The third kappa shape index (κ3) is 5.39. The van der Waals surface area contributed by atoms with Gasteiger partial charge in [-0.15, -0.1) is 5.10 Å². The van der Waals surface area contributed by atoms with Gasteiger partial charge in [0, 0.05) is 24.9 Å². The number of hydrogen-bond donors (Lipinski definition) is 2. The molecular formula is C28H30N8. The Labute approximate surface area is 210 Å². The van der Waals surface area contributed by atoms with Gasteiger partial charge in [-0.3, -0.25) is 0 Å². The van der Waals surface area contributed by atoms with Crippen molar-refractivity contribution in [2.24, 2.45) is 11.7 Å². The maximum Gasteiger partial charge on any atom is 0.180 e. The van der Waals surface area contributed by atoms with Crippen LogP contribution in [0, 0.1) is 5.92 Å². The molecule has 0 saturated carbocycles. The molecule has 182 valence electrons. The van der Waals surface area contributed by atoms with Gasteiger partial charge in [0.05, 0.1) is 6.54 Å². The second-order valence-corrected chi connectivity index (χ2v) is 9.39. The highest BCUT2D eigenvalue weighted by Gasteiger charge is 2.14. The van der Waals surface area contributed by atoms with Gasteiger partial charge in [0.1, 0.15) is 5.82 Å². The van der Waals surface area contributed by atoms with E-state index in [1.807, 2.05) is 22.9 Å². The molecule has 5 aromatic rings.